The number of alkyl halides is 12. The minimum Gasteiger partial charge on any atom is -0.380 e. The van der Waals surface area contributed by atoms with E-state index in [0.29, 0.717) is 43.8 Å². The summed E-state index contributed by atoms with van der Waals surface area (Å²) in [6, 6.07) is 29.5. The Morgan fingerprint density at radius 2 is 0.815 bits per heavy atom. The second-order valence-electron chi connectivity index (χ2n) is 26.2. The number of benzene rings is 6. The number of thioether (sulfide) groups is 1. The maximum Gasteiger partial charge on any atom is 0.450 e. The Kier molecular flexibility index (Phi) is 25.2. The van der Waals surface area contributed by atoms with Gasteiger partial charge in [-0.15, -0.1) is 11.8 Å². The van der Waals surface area contributed by atoms with E-state index in [2.05, 4.69) is 4.74 Å². The van der Waals surface area contributed by atoms with E-state index in [1.165, 1.54) is 100 Å². The molecule has 1 heterocycles. The first-order valence-electron chi connectivity index (χ1n) is 28.8. The maximum absolute atomic E-state index is 13.8. The fourth-order valence-electron chi connectivity index (χ4n) is 11.1. The summed E-state index contributed by atoms with van der Waals surface area (Å²) in [4.78, 5) is 11.9. The Labute approximate surface area is 534 Å². The van der Waals surface area contributed by atoms with Gasteiger partial charge in [0, 0.05) is 22.0 Å². The van der Waals surface area contributed by atoms with Gasteiger partial charge in [0.25, 0.3) is 0 Å². The highest BCUT2D eigenvalue weighted by Crippen LogP contribution is 2.52. The third-order valence-electron chi connectivity index (χ3n) is 16.0. The number of ether oxygens (including phenoxy) is 1. The normalized spacial score (nSPS) is 16.5. The van der Waals surface area contributed by atoms with Gasteiger partial charge >= 0.3 is 24.7 Å². The van der Waals surface area contributed by atoms with Crippen molar-refractivity contribution in [3.05, 3.63) is 200 Å². The molecular formula is C69H78F16O5S2. The summed E-state index contributed by atoms with van der Waals surface area (Å²) in [5.74, 6) is -5.35. The van der Waals surface area contributed by atoms with E-state index < -0.39 is 134 Å². The van der Waals surface area contributed by atoms with Crippen LogP contribution in [0.15, 0.2) is 131 Å². The quantitative estimate of drug-likeness (QED) is 0.0507. The third kappa shape index (κ3) is 21.1. The molecule has 508 valence electrons. The molecule has 0 unspecified atom stereocenters. The van der Waals surface area contributed by atoms with E-state index in [1.54, 1.807) is 91.8 Å². The summed E-state index contributed by atoms with van der Waals surface area (Å²) < 4.78 is 229. The van der Waals surface area contributed by atoms with Gasteiger partial charge in [-0.1, -0.05) is 115 Å². The number of rotatable bonds is 18. The Hall–Kier alpha value is -5.75. The van der Waals surface area contributed by atoms with Gasteiger partial charge in [0.15, 0.2) is 16.8 Å². The van der Waals surface area contributed by atoms with Gasteiger partial charge < -0.3 is 14.9 Å². The number of aryl methyl sites for hydroxylation is 6. The first-order valence-corrected chi connectivity index (χ1v) is 31.1. The number of hydrogen-bond acceptors (Lipinski definition) is 6. The molecule has 0 spiro atoms. The molecule has 4 atom stereocenters. The van der Waals surface area contributed by atoms with Crippen LogP contribution in [-0.2, 0) is 42.0 Å². The Morgan fingerprint density at radius 3 is 1.14 bits per heavy atom. The highest BCUT2D eigenvalue weighted by molar-refractivity contribution is 7.99. The molecule has 1 aliphatic rings. The zero-order chi connectivity index (χ0) is 70.4. The second kappa shape index (κ2) is 29.5. The predicted octanol–water partition coefficient (Wildman–Crippen LogP) is 19.5. The summed E-state index contributed by atoms with van der Waals surface area (Å²) >= 11 is 0.962. The van der Waals surface area contributed by atoms with E-state index in [9.17, 15) is 89.5 Å². The van der Waals surface area contributed by atoms with Crippen LogP contribution >= 0.6 is 11.8 Å². The van der Waals surface area contributed by atoms with Crippen LogP contribution in [0.25, 0.3) is 0 Å². The van der Waals surface area contributed by atoms with E-state index in [-0.39, 0.29) is 17.9 Å². The van der Waals surface area contributed by atoms with Crippen LogP contribution in [0.1, 0.15) is 137 Å². The molecule has 0 aliphatic carbocycles. The van der Waals surface area contributed by atoms with Crippen molar-refractivity contribution < 1.29 is 94.2 Å². The summed E-state index contributed by atoms with van der Waals surface area (Å²) in [5.41, 5.74) is -5.79. The fourth-order valence-corrected chi connectivity index (χ4v) is 13.4. The molecule has 7 rings (SSSR count). The number of carbonyl (C=O) groups excluding carboxylic acids is 1. The smallest absolute Gasteiger partial charge is 0.380 e. The van der Waals surface area contributed by atoms with Crippen LogP contribution in [0.5, 0.6) is 0 Å². The molecular weight excluding hydrogens is 1280 g/mol. The zero-order valence-corrected chi connectivity index (χ0v) is 55.1. The van der Waals surface area contributed by atoms with Crippen LogP contribution in [0.2, 0.25) is 0 Å². The van der Waals surface area contributed by atoms with Crippen molar-refractivity contribution in [1.82, 2.24) is 0 Å². The van der Waals surface area contributed by atoms with Crippen LogP contribution < -0.4 is 0 Å². The molecule has 1 aliphatic heterocycles. The molecule has 1 saturated heterocycles. The molecule has 0 aromatic heterocycles. The standard InChI is InChI=1S/C21H24F4O2S.C21H24F4OS.C14H16F4O.C13H14F4O/c1-14-5-9-17(10-6-14)28(27)13-20(26,21(23,24)25)12-19(3,4)18-11-16(22)8-7-15(18)2;1-14-5-9-17(10-6-14)27-13-20(26,21(23,24)25)12-19(3,4)18-11-16(22)8-7-15(18)2;1-9-4-5-10(15)6-11(9)12(2,3)7-13(8-19-13)14(16,17)18;1-8-4-5-9(14)6-10(8)12(2,3)7-11(18)13(15,16)17/h5-11,26H,12-13H2,1-4H3;5-11,26H,12-13H2,1-4H3;4-6H,7-8H2,1-3H3;4-6H,7H2,1-3H3/t20-,28-;20-;13-;/m111./s1. The van der Waals surface area contributed by atoms with E-state index in [4.69, 9.17) is 0 Å². The van der Waals surface area contributed by atoms with Gasteiger partial charge in [-0.25, -0.2) is 17.6 Å². The van der Waals surface area contributed by atoms with Crippen LogP contribution in [0.4, 0.5) is 70.2 Å². The second-order valence-corrected chi connectivity index (χ2v) is 28.7. The zero-order valence-electron chi connectivity index (χ0n) is 53.5. The van der Waals surface area contributed by atoms with Crippen molar-refractivity contribution in [2.24, 2.45) is 0 Å². The first kappa shape index (κ1) is 78.7. The van der Waals surface area contributed by atoms with Gasteiger partial charge in [-0.05, 0) is 200 Å². The summed E-state index contributed by atoms with van der Waals surface area (Å²) in [6.07, 6.45) is -21.2. The van der Waals surface area contributed by atoms with Crippen LogP contribution in [0, 0.1) is 64.8 Å². The number of epoxide rings is 1. The molecule has 23 heteroatoms. The third-order valence-corrected chi connectivity index (χ3v) is 18.8. The Balaban J connectivity index is 0.000000266. The molecule has 6 aromatic carbocycles. The number of halogens is 16. The lowest BCUT2D eigenvalue weighted by Gasteiger charge is -2.38. The van der Waals surface area contributed by atoms with Gasteiger partial charge in [0.1, 0.15) is 23.3 Å². The van der Waals surface area contributed by atoms with Crippen molar-refractivity contribution in [1.29, 1.82) is 0 Å². The molecule has 1 fully saturated rings. The number of ketones is 1. The van der Waals surface area contributed by atoms with Crippen molar-refractivity contribution in [2.75, 3.05) is 18.1 Å². The average molecular weight is 1360 g/mol. The number of carbonyl (C=O) groups is 1. The SMILES string of the molecule is Cc1ccc(F)cc1C(C)(C)CC(=O)C(F)(F)F.Cc1ccc(F)cc1C(C)(C)C[C@]1(C(F)(F)F)CO1.Cc1ccc(SC[C@](O)(CC(C)(C)c2cc(F)ccc2C)C(F)(F)F)cc1.Cc1ccc([S@](=O)C[C@](O)(CC(C)(C)c2cc(F)ccc2C)C(F)(F)F)cc1. The monoisotopic (exact) mass is 1350 g/mol. The first-order chi connectivity index (χ1) is 41.7. The van der Waals surface area contributed by atoms with E-state index in [1.807, 2.05) is 26.0 Å². The summed E-state index contributed by atoms with van der Waals surface area (Å²) in [5, 5.41) is 21.2. The minimum atomic E-state index is -4.99. The molecule has 0 bridgehead atoms. The van der Waals surface area contributed by atoms with Gasteiger partial charge in [-0.3, -0.25) is 9.00 Å². The van der Waals surface area contributed by atoms with Crippen LogP contribution in [0.3, 0.4) is 0 Å². The fraction of sp³-hybridized carbons (Fsp3) is 0.464. The average Bonchev–Trinajstić information content (AvgIpc) is 1.53. The van der Waals surface area contributed by atoms with Gasteiger partial charge in [0.05, 0.1) is 23.2 Å². The van der Waals surface area contributed by atoms with Crippen molar-refractivity contribution in [3.8, 4) is 0 Å². The molecule has 0 radical (unpaired) electrons. The molecule has 0 saturated carbocycles. The van der Waals surface area contributed by atoms with Gasteiger partial charge in [0.2, 0.25) is 5.78 Å². The highest BCUT2D eigenvalue weighted by Gasteiger charge is 2.67. The van der Waals surface area contributed by atoms with E-state index in [0.717, 1.165) is 28.5 Å². The molecule has 6 aromatic rings. The lowest BCUT2D eigenvalue weighted by molar-refractivity contribution is -0.257. The molecule has 2 N–H and O–H groups in total. The van der Waals surface area contributed by atoms with Gasteiger partial charge in [-0.2, -0.15) is 52.7 Å². The topological polar surface area (TPSA) is 87.1 Å². The summed E-state index contributed by atoms with van der Waals surface area (Å²) in [7, 11) is -2.05. The largest absolute Gasteiger partial charge is 0.450 e. The van der Waals surface area contributed by atoms with Crippen LogP contribution in [-0.4, -0.2) is 79.8 Å². The van der Waals surface area contributed by atoms with Crippen molar-refractivity contribution >= 4 is 28.3 Å². The van der Waals surface area contributed by atoms with Crippen molar-refractivity contribution in [2.45, 2.75) is 196 Å². The van der Waals surface area contributed by atoms with Crippen molar-refractivity contribution in [3.63, 3.8) is 0 Å². The highest BCUT2D eigenvalue weighted by atomic mass is 32.2. The number of Topliss-reactive ketones (excluding diaryl/α,β-unsaturated/α-hetero) is 1. The number of hydrogen-bond donors (Lipinski definition) is 2. The molecule has 0 amide bonds. The predicted molar refractivity (Wildman–Crippen MR) is 327 cm³/mol. The van der Waals surface area contributed by atoms with E-state index >= 15 is 0 Å². The summed E-state index contributed by atoms with van der Waals surface area (Å²) in [6.45, 7) is 22.8. The minimum absolute atomic E-state index is 0.201. The number of aliphatic hydroxyl groups is 2. The Morgan fingerprint density at radius 1 is 0.489 bits per heavy atom. The lowest BCUT2D eigenvalue weighted by atomic mass is 9.74. The lowest BCUT2D eigenvalue weighted by Crippen LogP contribution is -2.53. The molecule has 5 nitrogen and oxygen atoms in total. The molecule has 92 heavy (non-hydrogen) atoms. The Bertz CT molecular complexity index is 3490. The maximum atomic E-state index is 13.8.